The molecule has 3 rings (SSSR count). The molecule has 0 unspecified atom stereocenters. The maximum atomic E-state index is 12.2. The van der Waals surface area contributed by atoms with Gasteiger partial charge in [-0.05, 0) is 24.1 Å². The number of benzene rings is 2. The van der Waals surface area contributed by atoms with Crippen LogP contribution in [0.5, 0.6) is 11.5 Å². The number of nitro benzene ring substituents is 1. The Labute approximate surface area is 189 Å². The van der Waals surface area contributed by atoms with Crippen molar-refractivity contribution in [1.82, 2.24) is 20.1 Å². The van der Waals surface area contributed by atoms with Gasteiger partial charge in [0, 0.05) is 31.3 Å². The maximum absolute atomic E-state index is 12.2. The molecule has 32 heavy (non-hydrogen) atoms. The standard InChI is InChI=1S/C21H23N5O5S/c1-25-20(15-5-4-6-16(12-15)26(28)29)23-24-21(25)32-13-19(27)22-10-9-14-7-8-17(30-2)18(11-14)31-3/h4-8,11-12H,9-10,13H2,1-3H3,(H,22,27). The molecule has 1 aromatic heterocycles. The maximum Gasteiger partial charge on any atom is 0.270 e. The van der Waals surface area contributed by atoms with E-state index in [2.05, 4.69) is 15.5 Å². The predicted molar refractivity (Wildman–Crippen MR) is 120 cm³/mol. The van der Waals surface area contributed by atoms with Crippen molar-refractivity contribution in [3.8, 4) is 22.9 Å². The van der Waals surface area contributed by atoms with E-state index in [-0.39, 0.29) is 17.3 Å². The monoisotopic (exact) mass is 457 g/mol. The van der Waals surface area contributed by atoms with Crippen molar-refractivity contribution in [2.24, 2.45) is 7.05 Å². The molecule has 0 radical (unpaired) electrons. The highest BCUT2D eigenvalue weighted by Crippen LogP contribution is 2.28. The molecule has 2 aromatic carbocycles. The molecule has 1 amide bonds. The van der Waals surface area contributed by atoms with Crippen LogP contribution in [0.15, 0.2) is 47.6 Å². The van der Waals surface area contributed by atoms with Gasteiger partial charge in [-0.1, -0.05) is 30.0 Å². The first-order valence-electron chi connectivity index (χ1n) is 9.67. The molecule has 3 aromatic rings. The SMILES string of the molecule is COc1ccc(CCNC(=O)CSc2nnc(-c3cccc([N+](=O)[O-])c3)n2C)cc1OC. The molecular formula is C21H23N5O5S. The average Bonchev–Trinajstić information content (AvgIpc) is 3.17. The Morgan fingerprint density at radius 3 is 2.66 bits per heavy atom. The molecule has 0 aliphatic rings. The number of carbonyl (C=O) groups excluding carboxylic acids is 1. The third kappa shape index (κ3) is 5.55. The minimum atomic E-state index is -0.456. The Bertz CT molecular complexity index is 1120. The number of aromatic nitrogens is 3. The second kappa shape index (κ2) is 10.6. The fraction of sp³-hybridized carbons (Fsp3) is 0.286. The molecule has 0 fully saturated rings. The number of methoxy groups -OCH3 is 2. The number of hydrogen-bond acceptors (Lipinski definition) is 8. The number of ether oxygens (including phenoxy) is 2. The number of nitro groups is 1. The summed E-state index contributed by atoms with van der Waals surface area (Å²) in [5, 5.41) is 22.6. The lowest BCUT2D eigenvalue weighted by Crippen LogP contribution is -2.27. The van der Waals surface area contributed by atoms with Crippen LogP contribution in [0.4, 0.5) is 5.69 Å². The van der Waals surface area contributed by atoms with Gasteiger partial charge in [0.1, 0.15) is 0 Å². The van der Waals surface area contributed by atoms with Crippen LogP contribution >= 0.6 is 11.8 Å². The summed E-state index contributed by atoms with van der Waals surface area (Å²) in [6.07, 6.45) is 0.650. The van der Waals surface area contributed by atoms with Gasteiger partial charge >= 0.3 is 0 Å². The third-order valence-electron chi connectivity index (χ3n) is 4.67. The van der Waals surface area contributed by atoms with Crippen LogP contribution in [0.3, 0.4) is 0 Å². The zero-order valence-corrected chi connectivity index (χ0v) is 18.7. The number of thioether (sulfide) groups is 1. The second-order valence-electron chi connectivity index (χ2n) is 6.75. The zero-order valence-electron chi connectivity index (χ0n) is 17.9. The molecular weight excluding hydrogens is 434 g/mol. The van der Waals surface area contributed by atoms with Gasteiger partial charge in [0.05, 0.1) is 24.9 Å². The zero-order chi connectivity index (χ0) is 23.1. The molecule has 0 atom stereocenters. The topological polar surface area (TPSA) is 121 Å². The van der Waals surface area contributed by atoms with Crippen molar-refractivity contribution in [3.63, 3.8) is 0 Å². The van der Waals surface area contributed by atoms with Crippen LogP contribution < -0.4 is 14.8 Å². The van der Waals surface area contributed by atoms with Crippen LogP contribution in [-0.4, -0.2) is 52.1 Å². The van der Waals surface area contributed by atoms with E-state index >= 15 is 0 Å². The number of hydrogen-bond donors (Lipinski definition) is 1. The predicted octanol–water partition coefficient (Wildman–Crippen LogP) is 2.86. The van der Waals surface area contributed by atoms with Crippen molar-refractivity contribution in [2.45, 2.75) is 11.6 Å². The molecule has 168 valence electrons. The highest BCUT2D eigenvalue weighted by atomic mass is 32.2. The fourth-order valence-corrected chi connectivity index (χ4v) is 3.75. The summed E-state index contributed by atoms with van der Waals surface area (Å²) in [4.78, 5) is 22.8. The minimum absolute atomic E-state index is 0.0199. The van der Waals surface area contributed by atoms with Gasteiger partial charge in [-0.15, -0.1) is 10.2 Å². The van der Waals surface area contributed by atoms with Crippen LogP contribution in [0.1, 0.15) is 5.56 Å². The number of nitrogens with one attached hydrogen (secondary N) is 1. The van der Waals surface area contributed by atoms with Gasteiger partial charge in [0.25, 0.3) is 5.69 Å². The highest BCUT2D eigenvalue weighted by Gasteiger charge is 2.15. The Balaban J connectivity index is 1.52. The van der Waals surface area contributed by atoms with E-state index in [0.29, 0.717) is 41.0 Å². The summed E-state index contributed by atoms with van der Waals surface area (Å²) in [7, 11) is 4.92. The summed E-state index contributed by atoms with van der Waals surface area (Å²) < 4.78 is 12.2. The first-order valence-corrected chi connectivity index (χ1v) is 10.7. The first kappa shape index (κ1) is 23.1. The largest absolute Gasteiger partial charge is 0.493 e. The van der Waals surface area contributed by atoms with Crippen LogP contribution in [0.2, 0.25) is 0 Å². The molecule has 10 nitrogen and oxygen atoms in total. The van der Waals surface area contributed by atoms with Gasteiger partial charge < -0.3 is 19.4 Å². The fourth-order valence-electron chi connectivity index (χ4n) is 3.01. The smallest absolute Gasteiger partial charge is 0.270 e. The summed E-state index contributed by atoms with van der Waals surface area (Å²) in [5.41, 5.74) is 1.58. The average molecular weight is 458 g/mol. The van der Waals surface area contributed by atoms with Crippen LogP contribution in [0.25, 0.3) is 11.4 Å². The minimum Gasteiger partial charge on any atom is -0.493 e. The number of carbonyl (C=O) groups is 1. The van der Waals surface area contributed by atoms with Crippen LogP contribution in [0, 0.1) is 10.1 Å². The molecule has 0 bridgehead atoms. The lowest BCUT2D eigenvalue weighted by molar-refractivity contribution is -0.384. The summed E-state index contributed by atoms with van der Waals surface area (Å²) in [6.45, 7) is 0.479. The first-order chi connectivity index (χ1) is 15.4. The van der Waals surface area contributed by atoms with Crippen molar-refractivity contribution < 1.29 is 19.2 Å². The number of nitrogens with zero attached hydrogens (tertiary/aromatic N) is 4. The van der Waals surface area contributed by atoms with E-state index in [1.807, 2.05) is 18.2 Å². The van der Waals surface area contributed by atoms with E-state index in [1.54, 1.807) is 38.0 Å². The Hall–Kier alpha value is -3.60. The summed E-state index contributed by atoms with van der Waals surface area (Å²) >= 11 is 1.25. The molecule has 0 saturated carbocycles. The van der Waals surface area contributed by atoms with E-state index < -0.39 is 4.92 Å². The van der Waals surface area contributed by atoms with Gasteiger partial charge in [0.15, 0.2) is 22.5 Å². The summed E-state index contributed by atoms with van der Waals surface area (Å²) in [5.74, 6) is 1.84. The van der Waals surface area contributed by atoms with Gasteiger partial charge in [-0.2, -0.15) is 0 Å². The van der Waals surface area contributed by atoms with Gasteiger partial charge in [0.2, 0.25) is 5.91 Å². The molecule has 0 saturated heterocycles. The number of rotatable bonds is 10. The van der Waals surface area contributed by atoms with Gasteiger partial charge in [-0.3, -0.25) is 14.9 Å². The molecule has 0 aliphatic carbocycles. The van der Waals surface area contributed by atoms with Crippen molar-refractivity contribution in [1.29, 1.82) is 0 Å². The normalized spacial score (nSPS) is 10.6. The second-order valence-corrected chi connectivity index (χ2v) is 7.69. The van der Waals surface area contributed by atoms with E-state index in [9.17, 15) is 14.9 Å². The van der Waals surface area contributed by atoms with E-state index in [0.717, 1.165) is 5.56 Å². The van der Waals surface area contributed by atoms with E-state index in [4.69, 9.17) is 9.47 Å². The Kier molecular flexibility index (Phi) is 7.66. The number of non-ortho nitro benzene ring substituents is 1. The van der Waals surface area contributed by atoms with Crippen molar-refractivity contribution in [2.75, 3.05) is 26.5 Å². The number of amides is 1. The Morgan fingerprint density at radius 2 is 1.94 bits per heavy atom. The quantitative estimate of drug-likeness (QED) is 0.280. The molecule has 0 spiro atoms. The molecule has 1 heterocycles. The third-order valence-corrected chi connectivity index (χ3v) is 5.69. The van der Waals surface area contributed by atoms with Gasteiger partial charge in [-0.25, -0.2) is 0 Å². The lowest BCUT2D eigenvalue weighted by atomic mass is 10.1. The molecule has 11 heteroatoms. The summed E-state index contributed by atoms with van der Waals surface area (Å²) in [6, 6.07) is 11.8. The lowest BCUT2D eigenvalue weighted by Gasteiger charge is -2.10. The highest BCUT2D eigenvalue weighted by molar-refractivity contribution is 7.99. The van der Waals surface area contributed by atoms with E-state index in [1.165, 1.54) is 23.9 Å². The van der Waals surface area contributed by atoms with Crippen molar-refractivity contribution in [3.05, 3.63) is 58.1 Å². The van der Waals surface area contributed by atoms with Crippen LogP contribution in [-0.2, 0) is 18.3 Å². The van der Waals surface area contributed by atoms with Crippen molar-refractivity contribution >= 4 is 23.4 Å². The molecule has 0 aliphatic heterocycles. The Morgan fingerprint density at radius 1 is 1.16 bits per heavy atom. The molecule has 1 N–H and O–H groups in total.